The van der Waals surface area contributed by atoms with E-state index in [4.69, 9.17) is 5.11 Å². The number of carbonyl (C=O) groups excluding carboxylic acids is 1. The minimum Gasteiger partial charge on any atom is -0.400 e. The summed E-state index contributed by atoms with van der Waals surface area (Å²) in [6.07, 6.45) is 2.39. The summed E-state index contributed by atoms with van der Waals surface area (Å²) in [5, 5.41) is 7.00. The zero-order valence-electron chi connectivity index (χ0n) is 8.63. The summed E-state index contributed by atoms with van der Waals surface area (Å²) in [6.45, 7) is 7.59. The average molecular weight is 175 g/mol. The summed E-state index contributed by atoms with van der Waals surface area (Å²) in [7, 11) is 1.00. The number of nitrogens with zero attached hydrogens (tertiary/aromatic N) is 1. The first-order valence-corrected chi connectivity index (χ1v) is 4.51. The van der Waals surface area contributed by atoms with Crippen LogP contribution in [0.4, 0.5) is 0 Å². The van der Waals surface area contributed by atoms with Crippen LogP contribution >= 0.6 is 0 Å². The van der Waals surface area contributed by atoms with Crippen LogP contribution in [0.2, 0.25) is 0 Å². The number of aliphatic hydroxyl groups excluding tert-OH is 1. The SMILES string of the molecule is CC.CC(=O)N1CCCC1.CO. The molecule has 0 aromatic carbocycles. The number of amides is 1. The van der Waals surface area contributed by atoms with Gasteiger partial charge in [0, 0.05) is 27.1 Å². The Balaban J connectivity index is 0. The maximum Gasteiger partial charge on any atom is 0.219 e. The van der Waals surface area contributed by atoms with Gasteiger partial charge in [-0.25, -0.2) is 0 Å². The van der Waals surface area contributed by atoms with E-state index in [0.29, 0.717) is 0 Å². The molecule has 12 heavy (non-hydrogen) atoms. The van der Waals surface area contributed by atoms with Crippen LogP contribution in [0, 0.1) is 0 Å². The number of rotatable bonds is 0. The average Bonchev–Trinajstić information content (AvgIpc) is 2.64. The standard InChI is InChI=1S/C6H11NO.C2H6.CH4O/c1-6(8)7-4-2-3-5-7;2*1-2/h2-5H2,1H3;1-2H3;2H,1H3. The van der Waals surface area contributed by atoms with Gasteiger partial charge in [-0.1, -0.05) is 13.8 Å². The Kier molecular flexibility index (Phi) is 12.2. The number of likely N-dealkylation sites (tertiary alicyclic amines) is 1. The topological polar surface area (TPSA) is 40.5 Å². The van der Waals surface area contributed by atoms with Gasteiger partial charge in [-0.2, -0.15) is 0 Å². The highest BCUT2D eigenvalue weighted by Gasteiger charge is 2.12. The third kappa shape index (κ3) is 6.16. The molecule has 1 N–H and O–H groups in total. The fourth-order valence-electron chi connectivity index (χ4n) is 1.03. The first kappa shape index (κ1) is 14.0. The normalized spacial score (nSPS) is 13.9. The number of hydrogen-bond acceptors (Lipinski definition) is 2. The molecule has 0 radical (unpaired) electrons. The van der Waals surface area contributed by atoms with E-state index in [9.17, 15) is 4.79 Å². The molecule has 0 spiro atoms. The van der Waals surface area contributed by atoms with E-state index in [0.717, 1.165) is 20.2 Å². The summed E-state index contributed by atoms with van der Waals surface area (Å²) in [6, 6.07) is 0. The fourth-order valence-corrected chi connectivity index (χ4v) is 1.03. The van der Waals surface area contributed by atoms with Gasteiger partial charge in [0.05, 0.1) is 0 Å². The van der Waals surface area contributed by atoms with Crippen molar-refractivity contribution in [2.45, 2.75) is 33.6 Å². The second-order valence-corrected chi connectivity index (χ2v) is 2.21. The predicted molar refractivity (Wildman–Crippen MR) is 51.0 cm³/mol. The second kappa shape index (κ2) is 10.4. The first-order valence-electron chi connectivity index (χ1n) is 4.51. The minimum atomic E-state index is 0.225. The van der Waals surface area contributed by atoms with Crippen LogP contribution in [0.5, 0.6) is 0 Å². The van der Waals surface area contributed by atoms with Crippen LogP contribution in [0.25, 0.3) is 0 Å². The van der Waals surface area contributed by atoms with Gasteiger partial charge in [0.15, 0.2) is 0 Å². The van der Waals surface area contributed by atoms with Crippen molar-refractivity contribution in [2.24, 2.45) is 0 Å². The highest BCUT2D eigenvalue weighted by molar-refractivity contribution is 5.73. The third-order valence-corrected chi connectivity index (χ3v) is 1.55. The van der Waals surface area contributed by atoms with Crippen LogP contribution < -0.4 is 0 Å². The van der Waals surface area contributed by atoms with Gasteiger partial charge in [-0.3, -0.25) is 4.79 Å². The van der Waals surface area contributed by atoms with Crippen molar-refractivity contribution >= 4 is 5.91 Å². The lowest BCUT2D eigenvalue weighted by atomic mass is 10.4. The molecule has 1 saturated heterocycles. The van der Waals surface area contributed by atoms with Gasteiger partial charge in [0.25, 0.3) is 0 Å². The number of aliphatic hydroxyl groups is 1. The Morgan fingerprint density at radius 3 is 1.67 bits per heavy atom. The molecule has 0 aromatic heterocycles. The molecule has 0 unspecified atom stereocenters. The molecule has 1 amide bonds. The lowest BCUT2D eigenvalue weighted by Gasteiger charge is -2.10. The van der Waals surface area contributed by atoms with E-state index in [1.165, 1.54) is 12.8 Å². The second-order valence-electron chi connectivity index (χ2n) is 2.21. The molecule has 0 aliphatic carbocycles. The van der Waals surface area contributed by atoms with Crippen molar-refractivity contribution in [3.05, 3.63) is 0 Å². The zero-order valence-corrected chi connectivity index (χ0v) is 8.63. The van der Waals surface area contributed by atoms with Gasteiger partial charge < -0.3 is 10.0 Å². The van der Waals surface area contributed by atoms with E-state index in [1.54, 1.807) is 6.92 Å². The van der Waals surface area contributed by atoms with Crippen LogP contribution in [-0.2, 0) is 4.79 Å². The lowest BCUT2D eigenvalue weighted by molar-refractivity contribution is -0.127. The molecule has 1 aliphatic heterocycles. The number of hydrogen-bond donors (Lipinski definition) is 1. The molecule has 1 fully saturated rings. The molecule has 1 heterocycles. The highest BCUT2D eigenvalue weighted by Crippen LogP contribution is 2.05. The summed E-state index contributed by atoms with van der Waals surface area (Å²) >= 11 is 0. The molecule has 0 atom stereocenters. The predicted octanol–water partition coefficient (Wildman–Crippen LogP) is 1.26. The quantitative estimate of drug-likeness (QED) is 0.602. The van der Waals surface area contributed by atoms with Crippen molar-refractivity contribution in [3.63, 3.8) is 0 Å². The molecule has 3 nitrogen and oxygen atoms in total. The van der Waals surface area contributed by atoms with E-state index < -0.39 is 0 Å². The summed E-state index contributed by atoms with van der Waals surface area (Å²) in [5.41, 5.74) is 0. The Bertz CT molecular complexity index is 98.7. The van der Waals surface area contributed by atoms with Crippen molar-refractivity contribution in [3.8, 4) is 0 Å². The molecular weight excluding hydrogens is 154 g/mol. The van der Waals surface area contributed by atoms with Gasteiger partial charge in [0.2, 0.25) is 5.91 Å². The lowest BCUT2D eigenvalue weighted by Crippen LogP contribution is -2.24. The van der Waals surface area contributed by atoms with Crippen molar-refractivity contribution in [1.29, 1.82) is 0 Å². The van der Waals surface area contributed by atoms with Gasteiger partial charge in [0.1, 0.15) is 0 Å². The zero-order chi connectivity index (χ0) is 9.98. The van der Waals surface area contributed by atoms with E-state index >= 15 is 0 Å². The Morgan fingerprint density at radius 1 is 1.17 bits per heavy atom. The van der Waals surface area contributed by atoms with Gasteiger partial charge in [-0.05, 0) is 12.8 Å². The molecule has 1 rings (SSSR count). The maximum atomic E-state index is 10.6. The van der Waals surface area contributed by atoms with E-state index in [2.05, 4.69) is 0 Å². The summed E-state index contributed by atoms with van der Waals surface area (Å²) in [5.74, 6) is 0.225. The fraction of sp³-hybridized carbons (Fsp3) is 0.889. The summed E-state index contributed by atoms with van der Waals surface area (Å²) in [4.78, 5) is 12.5. The molecule has 0 aromatic rings. The molecular formula is C9H21NO2. The van der Waals surface area contributed by atoms with Gasteiger partial charge in [-0.15, -0.1) is 0 Å². The van der Waals surface area contributed by atoms with E-state index in [-0.39, 0.29) is 5.91 Å². The molecule has 3 heteroatoms. The van der Waals surface area contributed by atoms with Crippen LogP contribution in [0.1, 0.15) is 33.6 Å². The Hall–Kier alpha value is -0.570. The molecule has 74 valence electrons. The number of carbonyl (C=O) groups is 1. The van der Waals surface area contributed by atoms with Crippen molar-refractivity contribution < 1.29 is 9.90 Å². The third-order valence-electron chi connectivity index (χ3n) is 1.55. The Labute approximate surface area is 75.4 Å². The monoisotopic (exact) mass is 175 g/mol. The summed E-state index contributed by atoms with van der Waals surface area (Å²) < 4.78 is 0. The highest BCUT2D eigenvalue weighted by atomic mass is 16.2. The minimum absolute atomic E-state index is 0.225. The van der Waals surface area contributed by atoms with Crippen LogP contribution in [0.15, 0.2) is 0 Å². The first-order chi connectivity index (χ1) is 5.80. The van der Waals surface area contributed by atoms with Crippen LogP contribution in [-0.4, -0.2) is 36.1 Å². The maximum absolute atomic E-state index is 10.6. The smallest absolute Gasteiger partial charge is 0.219 e. The molecule has 0 saturated carbocycles. The van der Waals surface area contributed by atoms with E-state index in [1.807, 2.05) is 18.7 Å². The molecule has 1 aliphatic rings. The van der Waals surface area contributed by atoms with Crippen molar-refractivity contribution in [2.75, 3.05) is 20.2 Å². The van der Waals surface area contributed by atoms with Gasteiger partial charge >= 0.3 is 0 Å². The van der Waals surface area contributed by atoms with Crippen LogP contribution in [0.3, 0.4) is 0 Å². The van der Waals surface area contributed by atoms with Crippen molar-refractivity contribution in [1.82, 2.24) is 4.90 Å². The largest absolute Gasteiger partial charge is 0.400 e. The Morgan fingerprint density at radius 2 is 1.50 bits per heavy atom. The molecule has 0 bridgehead atoms.